The number of hydrogen-bond donors (Lipinski definition) is 2. The van der Waals surface area contributed by atoms with Crippen LogP contribution < -0.4 is 11.3 Å². The van der Waals surface area contributed by atoms with E-state index in [4.69, 9.17) is 5.73 Å². The van der Waals surface area contributed by atoms with Gasteiger partial charge in [0, 0.05) is 19.6 Å². The van der Waals surface area contributed by atoms with Crippen molar-refractivity contribution >= 4 is 16.8 Å². The third-order valence-electron chi connectivity index (χ3n) is 5.17. The number of nitrogens with two attached hydrogens (primary N) is 1. The molecular weight excluding hydrogens is 328 g/mol. The minimum atomic E-state index is -0.573. The molecule has 1 aromatic heterocycles. The SMILES string of the molecule is NC(=O)c1cccc2[nH]n(C3CCN(Cc4ccccc4)CC3)c(=O)c12. The number of nitrogens with zero attached hydrogens (tertiary/aromatic N) is 2. The van der Waals surface area contributed by atoms with Crippen LogP contribution in [0.25, 0.3) is 10.9 Å². The number of aromatic nitrogens is 2. The van der Waals surface area contributed by atoms with Crippen molar-refractivity contribution in [3.8, 4) is 0 Å². The van der Waals surface area contributed by atoms with Crippen LogP contribution in [0, 0.1) is 0 Å². The van der Waals surface area contributed by atoms with E-state index in [-0.39, 0.29) is 17.2 Å². The number of aromatic amines is 1. The average Bonchev–Trinajstić information content (AvgIpc) is 3.00. The van der Waals surface area contributed by atoms with Crippen LogP contribution in [0.3, 0.4) is 0 Å². The number of rotatable bonds is 4. The zero-order valence-electron chi connectivity index (χ0n) is 14.5. The molecule has 0 radical (unpaired) electrons. The first-order valence-electron chi connectivity index (χ1n) is 8.93. The molecule has 0 atom stereocenters. The Morgan fingerprint density at radius 1 is 1.08 bits per heavy atom. The zero-order chi connectivity index (χ0) is 18.1. The number of likely N-dealkylation sites (tertiary alicyclic amines) is 1. The summed E-state index contributed by atoms with van der Waals surface area (Å²) in [4.78, 5) is 26.9. The summed E-state index contributed by atoms with van der Waals surface area (Å²) in [7, 11) is 0. The van der Waals surface area contributed by atoms with Crippen LogP contribution in [0.2, 0.25) is 0 Å². The van der Waals surface area contributed by atoms with Gasteiger partial charge in [0.25, 0.3) is 5.56 Å². The Kier molecular flexibility index (Phi) is 4.34. The Bertz CT molecular complexity index is 982. The Labute approximate surface area is 151 Å². The lowest BCUT2D eigenvalue weighted by Crippen LogP contribution is -2.36. The molecule has 0 spiro atoms. The molecule has 0 bridgehead atoms. The van der Waals surface area contributed by atoms with Crippen molar-refractivity contribution in [2.75, 3.05) is 13.1 Å². The van der Waals surface area contributed by atoms with E-state index in [2.05, 4.69) is 34.3 Å². The summed E-state index contributed by atoms with van der Waals surface area (Å²) >= 11 is 0. The summed E-state index contributed by atoms with van der Waals surface area (Å²) in [6, 6.07) is 15.7. The number of benzene rings is 2. The topological polar surface area (TPSA) is 84.1 Å². The van der Waals surface area contributed by atoms with Crippen molar-refractivity contribution in [2.45, 2.75) is 25.4 Å². The molecule has 0 aliphatic carbocycles. The highest BCUT2D eigenvalue weighted by atomic mass is 16.1. The lowest BCUT2D eigenvalue weighted by atomic mass is 10.0. The van der Waals surface area contributed by atoms with Gasteiger partial charge in [-0.05, 0) is 30.5 Å². The van der Waals surface area contributed by atoms with Gasteiger partial charge in [0.05, 0.1) is 22.5 Å². The normalized spacial score (nSPS) is 16.2. The molecule has 1 fully saturated rings. The van der Waals surface area contributed by atoms with E-state index in [1.54, 1.807) is 16.8 Å². The van der Waals surface area contributed by atoms with Crippen LogP contribution in [-0.2, 0) is 6.54 Å². The summed E-state index contributed by atoms with van der Waals surface area (Å²) in [5.74, 6) is -0.573. The molecule has 134 valence electrons. The Hall–Kier alpha value is -2.86. The van der Waals surface area contributed by atoms with Gasteiger partial charge in [-0.25, -0.2) is 4.68 Å². The van der Waals surface area contributed by atoms with Crippen LogP contribution in [0.1, 0.15) is 34.8 Å². The van der Waals surface area contributed by atoms with E-state index in [1.807, 2.05) is 12.1 Å². The molecule has 4 rings (SSSR count). The summed E-state index contributed by atoms with van der Waals surface area (Å²) in [6.07, 6.45) is 1.79. The van der Waals surface area contributed by atoms with Gasteiger partial charge in [-0.3, -0.25) is 19.6 Å². The van der Waals surface area contributed by atoms with Crippen molar-refractivity contribution in [1.29, 1.82) is 0 Å². The number of fused-ring (bicyclic) bond motifs is 1. The lowest BCUT2D eigenvalue weighted by Gasteiger charge is -2.32. The fourth-order valence-electron chi connectivity index (χ4n) is 3.82. The van der Waals surface area contributed by atoms with Gasteiger partial charge in [0.1, 0.15) is 0 Å². The first-order chi connectivity index (χ1) is 12.6. The molecule has 1 amide bonds. The van der Waals surface area contributed by atoms with E-state index >= 15 is 0 Å². The van der Waals surface area contributed by atoms with Gasteiger partial charge < -0.3 is 5.73 Å². The summed E-state index contributed by atoms with van der Waals surface area (Å²) in [6.45, 7) is 2.80. The van der Waals surface area contributed by atoms with E-state index in [0.29, 0.717) is 10.9 Å². The van der Waals surface area contributed by atoms with Crippen LogP contribution in [0.5, 0.6) is 0 Å². The van der Waals surface area contributed by atoms with Crippen molar-refractivity contribution in [3.63, 3.8) is 0 Å². The molecular formula is C20H22N4O2. The molecule has 2 aromatic carbocycles. The molecule has 6 heteroatoms. The molecule has 1 aliphatic rings. The second-order valence-corrected chi connectivity index (χ2v) is 6.87. The van der Waals surface area contributed by atoms with Crippen molar-refractivity contribution in [2.24, 2.45) is 5.73 Å². The molecule has 0 unspecified atom stereocenters. The average molecular weight is 350 g/mol. The highest BCUT2D eigenvalue weighted by molar-refractivity contribution is 6.05. The van der Waals surface area contributed by atoms with Gasteiger partial charge in [-0.15, -0.1) is 0 Å². The maximum Gasteiger partial charge on any atom is 0.275 e. The molecule has 0 saturated carbocycles. The number of amides is 1. The molecule has 3 aromatic rings. The second-order valence-electron chi connectivity index (χ2n) is 6.87. The number of hydrogen-bond acceptors (Lipinski definition) is 3. The van der Waals surface area contributed by atoms with E-state index < -0.39 is 5.91 Å². The predicted molar refractivity (Wildman–Crippen MR) is 101 cm³/mol. The smallest absolute Gasteiger partial charge is 0.275 e. The lowest BCUT2D eigenvalue weighted by molar-refractivity contribution is 0.100. The number of piperidine rings is 1. The quantitative estimate of drug-likeness (QED) is 0.757. The van der Waals surface area contributed by atoms with Crippen LogP contribution in [-0.4, -0.2) is 33.7 Å². The molecule has 1 saturated heterocycles. The fraction of sp³-hybridized carbons (Fsp3) is 0.300. The van der Waals surface area contributed by atoms with Crippen LogP contribution in [0.4, 0.5) is 0 Å². The Morgan fingerprint density at radius 3 is 2.50 bits per heavy atom. The van der Waals surface area contributed by atoms with Crippen LogP contribution in [0.15, 0.2) is 53.3 Å². The number of carbonyl (C=O) groups excluding carboxylic acids is 1. The molecule has 6 nitrogen and oxygen atoms in total. The maximum atomic E-state index is 12.8. The third-order valence-corrected chi connectivity index (χ3v) is 5.17. The van der Waals surface area contributed by atoms with Gasteiger partial charge in [-0.2, -0.15) is 0 Å². The standard InChI is InChI=1S/C20H22N4O2/c21-19(25)16-7-4-8-17-18(16)20(26)24(22-17)15-9-11-23(12-10-15)13-14-5-2-1-3-6-14/h1-8,15,22H,9-13H2,(H2,21,25). The van der Waals surface area contributed by atoms with Crippen LogP contribution >= 0.6 is 0 Å². The number of carbonyl (C=O) groups is 1. The largest absolute Gasteiger partial charge is 0.366 e. The Balaban J connectivity index is 1.53. The number of H-pyrrole nitrogens is 1. The maximum absolute atomic E-state index is 12.8. The number of primary amides is 1. The van der Waals surface area contributed by atoms with Crippen molar-refractivity contribution in [3.05, 3.63) is 70.0 Å². The summed E-state index contributed by atoms with van der Waals surface area (Å²) in [5.41, 5.74) is 7.52. The zero-order valence-corrected chi connectivity index (χ0v) is 14.5. The monoisotopic (exact) mass is 350 g/mol. The molecule has 2 heterocycles. The fourth-order valence-corrected chi connectivity index (χ4v) is 3.82. The minimum absolute atomic E-state index is 0.114. The van der Waals surface area contributed by atoms with E-state index in [1.165, 1.54) is 5.56 Å². The van der Waals surface area contributed by atoms with Gasteiger partial charge in [0.2, 0.25) is 5.91 Å². The molecule has 3 N–H and O–H groups in total. The highest BCUT2D eigenvalue weighted by Gasteiger charge is 2.24. The second kappa shape index (κ2) is 6.80. The number of nitrogens with one attached hydrogen (secondary N) is 1. The molecule has 1 aliphatic heterocycles. The predicted octanol–water partition coefficient (Wildman–Crippen LogP) is 2.27. The first-order valence-corrected chi connectivity index (χ1v) is 8.93. The van der Waals surface area contributed by atoms with Crippen molar-refractivity contribution < 1.29 is 4.79 Å². The van der Waals surface area contributed by atoms with Gasteiger partial charge in [0.15, 0.2) is 0 Å². The highest BCUT2D eigenvalue weighted by Crippen LogP contribution is 2.24. The minimum Gasteiger partial charge on any atom is -0.366 e. The van der Waals surface area contributed by atoms with E-state index in [9.17, 15) is 9.59 Å². The summed E-state index contributed by atoms with van der Waals surface area (Å²) < 4.78 is 1.68. The third kappa shape index (κ3) is 3.04. The van der Waals surface area contributed by atoms with E-state index in [0.717, 1.165) is 32.5 Å². The molecule has 26 heavy (non-hydrogen) atoms. The van der Waals surface area contributed by atoms with Gasteiger partial charge >= 0.3 is 0 Å². The van der Waals surface area contributed by atoms with Crippen molar-refractivity contribution in [1.82, 2.24) is 14.7 Å². The van der Waals surface area contributed by atoms with Gasteiger partial charge in [-0.1, -0.05) is 36.4 Å². The Morgan fingerprint density at radius 2 is 1.81 bits per heavy atom. The summed E-state index contributed by atoms with van der Waals surface area (Å²) in [5, 5.41) is 3.57. The first kappa shape index (κ1) is 16.6.